The minimum Gasteiger partial charge on any atom is -0.462 e. The fourth-order valence-corrected chi connectivity index (χ4v) is 5.57. The van der Waals surface area contributed by atoms with Gasteiger partial charge in [-0.2, -0.15) is 0 Å². The number of pyridine rings is 2. The van der Waals surface area contributed by atoms with E-state index in [1.807, 2.05) is 23.6 Å². The van der Waals surface area contributed by atoms with Crippen LogP contribution in [0.2, 0.25) is 0 Å². The number of fused-ring (bicyclic) bond motifs is 2. The molecule has 1 N–H and O–H groups in total. The van der Waals surface area contributed by atoms with Crippen LogP contribution in [0.5, 0.6) is 0 Å². The second-order valence-corrected chi connectivity index (χ2v) is 9.01. The summed E-state index contributed by atoms with van der Waals surface area (Å²) in [5.74, 6) is -0.123. The molecule has 0 spiro atoms. The van der Waals surface area contributed by atoms with Crippen molar-refractivity contribution in [3.05, 3.63) is 61.9 Å². The number of aryl methyl sites for hydroxylation is 1. The quantitative estimate of drug-likeness (QED) is 0.662. The summed E-state index contributed by atoms with van der Waals surface area (Å²) in [4.78, 5) is 28.1. The minimum absolute atomic E-state index is 0.135. The predicted octanol–water partition coefficient (Wildman–Crippen LogP) is 4.04. The standard InChI is InChI=1S/C23H24N2O3S/c1-3-28-23(27)18-11-17(14-4-5-14)21-13(2)16(7-9-25(21)22(18)26)20-10-15-12-24-8-6-19(15)29-20/h7,9-11,14,24H,3-6,8,12H2,1-2H3. The highest BCUT2D eigenvalue weighted by molar-refractivity contribution is 7.15. The van der Waals surface area contributed by atoms with E-state index in [0.717, 1.165) is 49.0 Å². The molecule has 1 aliphatic heterocycles. The molecule has 5 nitrogen and oxygen atoms in total. The van der Waals surface area contributed by atoms with Gasteiger partial charge in [0.1, 0.15) is 5.56 Å². The van der Waals surface area contributed by atoms with Crippen LogP contribution in [0, 0.1) is 6.92 Å². The van der Waals surface area contributed by atoms with Crippen LogP contribution in [0.25, 0.3) is 16.0 Å². The Morgan fingerprint density at radius 1 is 1.34 bits per heavy atom. The number of hydrogen-bond acceptors (Lipinski definition) is 5. The first-order valence-corrected chi connectivity index (χ1v) is 11.1. The Bertz CT molecular complexity index is 1160. The topological polar surface area (TPSA) is 59.8 Å². The van der Waals surface area contributed by atoms with Gasteiger partial charge in [-0.1, -0.05) is 0 Å². The summed E-state index contributed by atoms with van der Waals surface area (Å²) < 4.78 is 6.77. The largest absolute Gasteiger partial charge is 0.462 e. The molecule has 4 heterocycles. The molecular formula is C23H24N2O3S. The fraction of sp³-hybridized carbons (Fsp3) is 0.391. The molecule has 0 saturated heterocycles. The van der Waals surface area contributed by atoms with Crippen molar-refractivity contribution in [3.63, 3.8) is 0 Å². The van der Waals surface area contributed by atoms with Crippen molar-refractivity contribution in [1.29, 1.82) is 0 Å². The van der Waals surface area contributed by atoms with E-state index >= 15 is 0 Å². The third-order valence-electron chi connectivity index (χ3n) is 5.93. The third kappa shape index (κ3) is 3.11. The summed E-state index contributed by atoms with van der Waals surface area (Å²) >= 11 is 1.86. The van der Waals surface area contributed by atoms with Crippen LogP contribution < -0.4 is 10.9 Å². The first-order chi connectivity index (χ1) is 14.1. The Morgan fingerprint density at radius 3 is 2.90 bits per heavy atom. The average molecular weight is 409 g/mol. The van der Waals surface area contributed by atoms with Gasteiger partial charge in [0.15, 0.2) is 0 Å². The monoisotopic (exact) mass is 408 g/mol. The Labute approximate surface area is 173 Å². The first kappa shape index (κ1) is 18.6. The van der Waals surface area contributed by atoms with E-state index < -0.39 is 5.97 Å². The molecule has 0 aromatic carbocycles. The third-order valence-corrected chi connectivity index (χ3v) is 7.20. The van der Waals surface area contributed by atoms with Crippen LogP contribution in [0.4, 0.5) is 0 Å². The Balaban J connectivity index is 1.72. The number of esters is 1. The minimum atomic E-state index is -0.533. The second kappa shape index (κ2) is 7.11. The molecule has 5 rings (SSSR count). The van der Waals surface area contributed by atoms with Crippen molar-refractivity contribution in [1.82, 2.24) is 9.72 Å². The van der Waals surface area contributed by atoms with Crippen LogP contribution in [-0.4, -0.2) is 23.5 Å². The van der Waals surface area contributed by atoms with Gasteiger partial charge in [-0.05, 0) is 79.5 Å². The number of nitrogens with one attached hydrogen (secondary N) is 1. The molecule has 29 heavy (non-hydrogen) atoms. The summed E-state index contributed by atoms with van der Waals surface area (Å²) in [5.41, 5.74) is 5.54. The second-order valence-electron chi connectivity index (χ2n) is 7.87. The van der Waals surface area contributed by atoms with Crippen LogP contribution in [0.1, 0.15) is 57.6 Å². The molecule has 1 aliphatic carbocycles. The number of hydrogen-bond donors (Lipinski definition) is 1. The van der Waals surface area contributed by atoms with E-state index in [9.17, 15) is 9.59 Å². The van der Waals surface area contributed by atoms with E-state index in [4.69, 9.17) is 4.74 Å². The molecular weight excluding hydrogens is 384 g/mol. The van der Waals surface area contributed by atoms with Gasteiger partial charge in [-0.15, -0.1) is 11.3 Å². The summed E-state index contributed by atoms with van der Waals surface area (Å²) in [6.07, 6.45) is 5.09. The number of rotatable bonds is 4. The van der Waals surface area contributed by atoms with Gasteiger partial charge in [0.2, 0.25) is 0 Å². The van der Waals surface area contributed by atoms with Gasteiger partial charge in [0.25, 0.3) is 5.56 Å². The van der Waals surface area contributed by atoms with Gasteiger partial charge in [0, 0.05) is 29.0 Å². The first-order valence-electron chi connectivity index (χ1n) is 10.3. The van der Waals surface area contributed by atoms with Crippen molar-refractivity contribution >= 4 is 22.8 Å². The van der Waals surface area contributed by atoms with Crippen molar-refractivity contribution < 1.29 is 9.53 Å². The van der Waals surface area contributed by atoms with Crippen LogP contribution in [-0.2, 0) is 17.7 Å². The molecule has 3 aromatic rings. The van der Waals surface area contributed by atoms with Gasteiger partial charge in [-0.25, -0.2) is 4.79 Å². The van der Waals surface area contributed by atoms with Crippen molar-refractivity contribution in [2.45, 2.75) is 45.6 Å². The van der Waals surface area contributed by atoms with Gasteiger partial charge >= 0.3 is 5.97 Å². The van der Waals surface area contributed by atoms with Crippen molar-refractivity contribution in [3.8, 4) is 10.4 Å². The van der Waals surface area contributed by atoms with Crippen LogP contribution in [0.3, 0.4) is 0 Å². The number of carbonyl (C=O) groups excluding carboxylic acids is 1. The molecule has 1 fully saturated rings. The lowest BCUT2D eigenvalue weighted by atomic mass is 9.99. The predicted molar refractivity (Wildman–Crippen MR) is 115 cm³/mol. The van der Waals surface area contributed by atoms with Gasteiger partial charge in [-0.3, -0.25) is 9.20 Å². The normalized spacial score (nSPS) is 16.1. The molecule has 0 radical (unpaired) electrons. The molecule has 6 heteroatoms. The zero-order valence-electron chi connectivity index (χ0n) is 16.7. The molecule has 2 aliphatic rings. The molecule has 0 atom stereocenters. The van der Waals surface area contributed by atoms with E-state index in [1.165, 1.54) is 20.9 Å². The smallest absolute Gasteiger partial charge is 0.343 e. The van der Waals surface area contributed by atoms with E-state index in [-0.39, 0.29) is 17.7 Å². The van der Waals surface area contributed by atoms with Gasteiger partial charge in [0.05, 0.1) is 12.1 Å². The molecule has 0 bridgehead atoms. The zero-order valence-corrected chi connectivity index (χ0v) is 17.5. The molecule has 150 valence electrons. The maximum Gasteiger partial charge on any atom is 0.343 e. The average Bonchev–Trinajstić information content (AvgIpc) is 3.47. The lowest BCUT2D eigenvalue weighted by Crippen LogP contribution is -2.25. The molecule has 3 aromatic heterocycles. The van der Waals surface area contributed by atoms with E-state index in [1.54, 1.807) is 17.4 Å². The number of aromatic nitrogens is 1. The molecule has 0 unspecified atom stereocenters. The van der Waals surface area contributed by atoms with E-state index in [2.05, 4.69) is 18.3 Å². The highest BCUT2D eigenvalue weighted by atomic mass is 32.1. The number of carbonyl (C=O) groups is 1. The summed E-state index contributed by atoms with van der Waals surface area (Å²) in [6.45, 7) is 6.06. The Kier molecular flexibility index (Phi) is 4.56. The fourth-order valence-electron chi connectivity index (χ4n) is 4.31. The molecule has 0 amide bonds. The van der Waals surface area contributed by atoms with Crippen molar-refractivity contribution in [2.75, 3.05) is 13.2 Å². The summed E-state index contributed by atoms with van der Waals surface area (Å²) in [7, 11) is 0. The molecule has 1 saturated carbocycles. The number of ether oxygens (including phenoxy) is 1. The SMILES string of the molecule is CCOC(=O)c1cc(C2CC2)c2c(C)c(-c3cc4c(s3)CCNC4)ccn2c1=O. The van der Waals surface area contributed by atoms with Crippen molar-refractivity contribution in [2.24, 2.45) is 0 Å². The van der Waals surface area contributed by atoms with E-state index in [0.29, 0.717) is 5.92 Å². The summed E-state index contributed by atoms with van der Waals surface area (Å²) in [6, 6.07) is 6.08. The lowest BCUT2D eigenvalue weighted by molar-refractivity contribution is 0.0524. The maximum atomic E-state index is 13.1. The highest BCUT2D eigenvalue weighted by Crippen LogP contribution is 2.44. The zero-order chi connectivity index (χ0) is 20.1. The Morgan fingerprint density at radius 2 is 2.17 bits per heavy atom. The Hall–Kier alpha value is -2.44. The maximum absolute atomic E-state index is 13.1. The van der Waals surface area contributed by atoms with Crippen LogP contribution in [0.15, 0.2) is 29.2 Å². The summed E-state index contributed by atoms with van der Waals surface area (Å²) in [5, 5.41) is 3.43. The van der Waals surface area contributed by atoms with Crippen LogP contribution >= 0.6 is 11.3 Å². The van der Waals surface area contributed by atoms with Gasteiger partial charge < -0.3 is 10.1 Å². The lowest BCUT2D eigenvalue weighted by Gasteiger charge is -2.15. The number of thiophene rings is 1. The highest BCUT2D eigenvalue weighted by Gasteiger charge is 2.30. The number of nitrogens with zero attached hydrogens (tertiary/aromatic N) is 1.